The molecule has 0 bridgehead atoms. The first-order chi connectivity index (χ1) is 5.24. The molecule has 1 unspecified atom stereocenters. The summed E-state index contributed by atoms with van der Waals surface area (Å²) in [5, 5.41) is 0. The molecule has 66 valence electrons. The van der Waals surface area contributed by atoms with E-state index in [9.17, 15) is 0 Å². The molecule has 0 aromatic rings. The number of nitrogens with two attached hydrogens (primary N) is 1. The monoisotopic (exact) mass is 157 g/mol. The summed E-state index contributed by atoms with van der Waals surface area (Å²) in [6.45, 7) is 6.65. The van der Waals surface area contributed by atoms with E-state index in [1.165, 1.54) is 6.42 Å². The van der Waals surface area contributed by atoms with Crippen LogP contribution in [0.5, 0.6) is 0 Å². The highest BCUT2D eigenvalue weighted by Crippen LogP contribution is 2.03. The zero-order valence-electron chi connectivity index (χ0n) is 7.58. The molecule has 0 aromatic heterocycles. The Bertz CT molecular complexity index is 116. The molecule has 3 heteroatoms. The van der Waals surface area contributed by atoms with Gasteiger partial charge < -0.3 is 10.6 Å². The van der Waals surface area contributed by atoms with Crippen LogP contribution in [-0.4, -0.2) is 49.2 Å². The zero-order valence-corrected chi connectivity index (χ0v) is 7.58. The fourth-order valence-electron chi connectivity index (χ4n) is 1.56. The molecule has 11 heavy (non-hydrogen) atoms. The van der Waals surface area contributed by atoms with Crippen LogP contribution < -0.4 is 5.73 Å². The van der Waals surface area contributed by atoms with Crippen molar-refractivity contribution >= 4 is 0 Å². The lowest BCUT2D eigenvalue weighted by molar-refractivity contribution is 0.0937. The second kappa shape index (κ2) is 4.04. The van der Waals surface area contributed by atoms with Crippen LogP contribution in [0.25, 0.3) is 0 Å². The summed E-state index contributed by atoms with van der Waals surface area (Å²) in [5.74, 6) is 0. The van der Waals surface area contributed by atoms with Crippen LogP contribution >= 0.6 is 0 Å². The molecule has 1 rings (SSSR count). The third-order valence-corrected chi connectivity index (χ3v) is 2.25. The lowest BCUT2D eigenvalue weighted by Gasteiger charge is -2.37. The standard InChI is InChI=1S/C8H19N3/c1-3-4-11-6-5-10(2)7-8(11)9/h8H,3-7,9H2,1-2H3. The SMILES string of the molecule is CCCN1CCN(C)CC1N. The van der Waals surface area contributed by atoms with Gasteiger partial charge in [-0.25, -0.2) is 0 Å². The van der Waals surface area contributed by atoms with E-state index in [1.54, 1.807) is 0 Å². The highest BCUT2D eigenvalue weighted by Gasteiger charge is 2.20. The smallest absolute Gasteiger partial charge is 0.0703 e. The van der Waals surface area contributed by atoms with Gasteiger partial charge >= 0.3 is 0 Å². The molecule has 0 aromatic carbocycles. The highest BCUT2D eigenvalue weighted by atomic mass is 15.3. The Labute approximate surface area is 69.1 Å². The summed E-state index contributed by atoms with van der Waals surface area (Å²) in [6, 6.07) is 0. The maximum atomic E-state index is 5.94. The summed E-state index contributed by atoms with van der Waals surface area (Å²) in [4.78, 5) is 4.65. The molecule has 1 fully saturated rings. The molecule has 3 nitrogen and oxygen atoms in total. The van der Waals surface area contributed by atoms with E-state index in [0.717, 1.165) is 26.2 Å². The Morgan fingerprint density at radius 1 is 1.45 bits per heavy atom. The van der Waals surface area contributed by atoms with E-state index < -0.39 is 0 Å². The zero-order chi connectivity index (χ0) is 8.27. The molecule has 1 saturated heterocycles. The molecule has 1 aliphatic rings. The first kappa shape index (κ1) is 8.97. The molecule has 0 radical (unpaired) electrons. The Morgan fingerprint density at radius 2 is 2.18 bits per heavy atom. The second-order valence-electron chi connectivity index (χ2n) is 3.37. The first-order valence-electron chi connectivity index (χ1n) is 4.42. The third-order valence-electron chi connectivity index (χ3n) is 2.25. The fourth-order valence-corrected chi connectivity index (χ4v) is 1.56. The van der Waals surface area contributed by atoms with E-state index in [-0.39, 0.29) is 6.17 Å². The average molecular weight is 157 g/mol. The quantitative estimate of drug-likeness (QED) is 0.609. The van der Waals surface area contributed by atoms with Gasteiger partial charge in [-0.2, -0.15) is 0 Å². The van der Waals surface area contributed by atoms with Gasteiger partial charge in [0.2, 0.25) is 0 Å². The molecule has 2 N–H and O–H groups in total. The lowest BCUT2D eigenvalue weighted by atomic mass is 10.2. The van der Waals surface area contributed by atoms with Gasteiger partial charge in [-0.1, -0.05) is 6.92 Å². The van der Waals surface area contributed by atoms with Crippen molar-refractivity contribution in [1.29, 1.82) is 0 Å². The minimum Gasteiger partial charge on any atom is -0.315 e. The van der Waals surface area contributed by atoms with E-state index >= 15 is 0 Å². The molecular weight excluding hydrogens is 138 g/mol. The fraction of sp³-hybridized carbons (Fsp3) is 1.00. The van der Waals surface area contributed by atoms with E-state index in [4.69, 9.17) is 5.73 Å². The lowest BCUT2D eigenvalue weighted by Crippen LogP contribution is -2.56. The number of likely N-dealkylation sites (N-methyl/N-ethyl adjacent to an activating group) is 1. The van der Waals surface area contributed by atoms with E-state index in [1.807, 2.05) is 0 Å². The molecular formula is C8H19N3. The number of nitrogens with zero attached hydrogens (tertiary/aromatic N) is 2. The highest BCUT2D eigenvalue weighted by molar-refractivity contribution is 4.75. The van der Waals surface area contributed by atoms with Crippen molar-refractivity contribution in [3.63, 3.8) is 0 Å². The summed E-state index contributed by atoms with van der Waals surface area (Å²) < 4.78 is 0. The predicted molar refractivity (Wildman–Crippen MR) is 47.3 cm³/mol. The predicted octanol–water partition coefficient (Wildman–Crippen LogP) is -0.0714. The van der Waals surface area contributed by atoms with Crippen molar-refractivity contribution < 1.29 is 0 Å². The molecule has 0 saturated carbocycles. The summed E-state index contributed by atoms with van der Waals surface area (Å²) in [6.07, 6.45) is 1.46. The van der Waals surface area contributed by atoms with Gasteiger partial charge in [-0.15, -0.1) is 0 Å². The molecule has 0 amide bonds. The van der Waals surface area contributed by atoms with Gasteiger partial charge in [-0.05, 0) is 20.0 Å². The van der Waals surface area contributed by atoms with Crippen molar-refractivity contribution in [2.45, 2.75) is 19.5 Å². The topological polar surface area (TPSA) is 32.5 Å². The van der Waals surface area contributed by atoms with Crippen LogP contribution in [0.3, 0.4) is 0 Å². The Hall–Kier alpha value is -0.120. The Balaban J connectivity index is 2.31. The summed E-state index contributed by atoms with van der Waals surface area (Å²) >= 11 is 0. The number of hydrogen-bond donors (Lipinski definition) is 1. The molecule has 1 heterocycles. The van der Waals surface area contributed by atoms with E-state index in [0.29, 0.717) is 0 Å². The van der Waals surface area contributed by atoms with Crippen LogP contribution in [-0.2, 0) is 0 Å². The molecule has 1 atom stereocenters. The van der Waals surface area contributed by atoms with Crippen LogP contribution in [0.1, 0.15) is 13.3 Å². The number of piperazine rings is 1. The molecule has 0 spiro atoms. The van der Waals surface area contributed by atoms with Crippen LogP contribution in [0.4, 0.5) is 0 Å². The van der Waals surface area contributed by atoms with Crippen molar-refractivity contribution in [2.24, 2.45) is 5.73 Å². The van der Waals surface area contributed by atoms with Gasteiger partial charge in [0.05, 0.1) is 6.17 Å². The second-order valence-corrected chi connectivity index (χ2v) is 3.37. The van der Waals surface area contributed by atoms with Crippen molar-refractivity contribution in [3.8, 4) is 0 Å². The summed E-state index contributed by atoms with van der Waals surface area (Å²) in [7, 11) is 2.13. The summed E-state index contributed by atoms with van der Waals surface area (Å²) in [5.41, 5.74) is 5.94. The van der Waals surface area contributed by atoms with Crippen LogP contribution in [0.2, 0.25) is 0 Å². The number of rotatable bonds is 2. The normalized spacial score (nSPS) is 29.2. The van der Waals surface area contributed by atoms with E-state index in [2.05, 4.69) is 23.8 Å². The maximum absolute atomic E-state index is 5.94. The largest absolute Gasteiger partial charge is 0.315 e. The van der Waals surface area contributed by atoms with Crippen molar-refractivity contribution in [2.75, 3.05) is 33.2 Å². The van der Waals surface area contributed by atoms with Gasteiger partial charge in [0, 0.05) is 19.6 Å². The minimum absolute atomic E-state index is 0.258. The maximum Gasteiger partial charge on any atom is 0.0703 e. The average Bonchev–Trinajstić information content (AvgIpc) is 1.95. The van der Waals surface area contributed by atoms with Gasteiger partial charge in [0.1, 0.15) is 0 Å². The van der Waals surface area contributed by atoms with Crippen molar-refractivity contribution in [3.05, 3.63) is 0 Å². The number of hydrogen-bond acceptors (Lipinski definition) is 3. The van der Waals surface area contributed by atoms with Gasteiger partial charge in [0.25, 0.3) is 0 Å². The van der Waals surface area contributed by atoms with Crippen molar-refractivity contribution in [1.82, 2.24) is 9.80 Å². The molecule has 1 aliphatic heterocycles. The van der Waals surface area contributed by atoms with Crippen LogP contribution in [0, 0.1) is 0 Å². The molecule has 0 aliphatic carbocycles. The Morgan fingerprint density at radius 3 is 2.73 bits per heavy atom. The van der Waals surface area contributed by atoms with Gasteiger partial charge in [0.15, 0.2) is 0 Å². The minimum atomic E-state index is 0.258. The first-order valence-corrected chi connectivity index (χ1v) is 4.42. The Kier molecular flexibility index (Phi) is 3.30. The van der Waals surface area contributed by atoms with Gasteiger partial charge in [-0.3, -0.25) is 4.90 Å². The van der Waals surface area contributed by atoms with Crippen LogP contribution in [0.15, 0.2) is 0 Å². The third kappa shape index (κ3) is 2.43.